The van der Waals surface area contributed by atoms with Gasteiger partial charge in [0.15, 0.2) is 11.5 Å². The second kappa shape index (κ2) is 6.91. The summed E-state index contributed by atoms with van der Waals surface area (Å²) in [5.41, 5.74) is 3.11. The number of likely N-dealkylation sites (N-methyl/N-ethyl adjacent to an activating group) is 1. The van der Waals surface area contributed by atoms with E-state index in [1.807, 2.05) is 51.4 Å². The van der Waals surface area contributed by atoms with Gasteiger partial charge in [-0.1, -0.05) is 6.07 Å². The first-order valence-electron chi connectivity index (χ1n) is 8.08. The van der Waals surface area contributed by atoms with E-state index in [-0.39, 0.29) is 18.7 Å². The van der Waals surface area contributed by atoms with Crippen molar-refractivity contribution in [3.63, 3.8) is 0 Å². The van der Waals surface area contributed by atoms with Crippen LogP contribution in [0.5, 0.6) is 11.5 Å². The van der Waals surface area contributed by atoms with Gasteiger partial charge in [-0.3, -0.25) is 9.78 Å². The Morgan fingerprint density at radius 2 is 2.04 bits per heavy atom. The van der Waals surface area contributed by atoms with Crippen LogP contribution in [-0.4, -0.2) is 35.7 Å². The lowest BCUT2D eigenvalue weighted by atomic mass is 10.1. The van der Waals surface area contributed by atoms with Crippen molar-refractivity contribution in [1.82, 2.24) is 9.88 Å². The van der Waals surface area contributed by atoms with E-state index in [1.165, 1.54) is 5.56 Å². The average molecular weight is 326 g/mol. The average Bonchev–Trinajstić information content (AvgIpc) is 3.01. The van der Waals surface area contributed by atoms with Crippen LogP contribution in [0.3, 0.4) is 0 Å². The van der Waals surface area contributed by atoms with Crippen molar-refractivity contribution >= 4 is 5.91 Å². The molecule has 0 bridgehead atoms. The molecule has 0 saturated heterocycles. The van der Waals surface area contributed by atoms with Crippen LogP contribution in [0.2, 0.25) is 0 Å². The van der Waals surface area contributed by atoms with Crippen LogP contribution < -0.4 is 9.47 Å². The predicted molar refractivity (Wildman–Crippen MR) is 91.2 cm³/mol. The summed E-state index contributed by atoms with van der Waals surface area (Å²) in [4.78, 5) is 18.7. The quantitative estimate of drug-likeness (QED) is 0.848. The second-order valence-electron chi connectivity index (χ2n) is 6.25. The Morgan fingerprint density at radius 1 is 1.25 bits per heavy atom. The number of hydrogen-bond acceptors (Lipinski definition) is 4. The van der Waals surface area contributed by atoms with Gasteiger partial charge in [0, 0.05) is 31.4 Å². The fraction of sp³-hybridized carbons (Fsp3) is 0.368. The Labute approximate surface area is 142 Å². The lowest BCUT2D eigenvalue weighted by Gasteiger charge is -2.25. The van der Waals surface area contributed by atoms with Crippen LogP contribution in [0, 0.1) is 6.92 Å². The molecule has 1 unspecified atom stereocenters. The third kappa shape index (κ3) is 3.67. The summed E-state index contributed by atoms with van der Waals surface area (Å²) in [5.74, 6) is 1.52. The number of benzene rings is 1. The number of aryl methyl sites for hydroxylation is 1. The summed E-state index contributed by atoms with van der Waals surface area (Å²) in [6, 6.07) is 9.76. The molecule has 0 aliphatic carbocycles. The van der Waals surface area contributed by atoms with Gasteiger partial charge in [0.1, 0.15) is 0 Å². The number of nitrogens with zero attached hydrogens (tertiary/aromatic N) is 2. The van der Waals surface area contributed by atoms with E-state index in [9.17, 15) is 4.79 Å². The predicted octanol–water partition coefficient (Wildman–Crippen LogP) is 2.75. The van der Waals surface area contributed by atoms with Crippen molar-refractivity contribution in [1.29, 1.82) is 0 Å². The number of carbonyl (C=O) groups is 1. The molecule has 0 saturated carbocycles. The van der Waals surface area contributed by atoms with E-state index in [2.05, 4.69) is 11.1 Å². The van der Waals surface area contributed by atoms with Gasteiger partial charge in [-0.15, -0.1) is 0 Å². The highest BCUT2D eigenvalue weighted by Gasteiger charge is 2.19. The molecule has 0 fully saturated rings. The van der Waals surface area contributed by atoms with Crippen molar-refractivity contribution in [3.05, 3.63) is 53.3 Å². The first-order chi connectivity index (χ1) is 11.5. The van der Waals surface area contributed by atoms with Crippen LogP contribution in [0.25, 0.3) is 0 Å². The van der Waals surface area contributed by atoms with Crippen LogP contribution in [-0.2, 0) is 17.6 Å². The van der Waals surface area contributed by atoms with Crippen molar-refractivity contribution in [2.45, 2.75) is 32.7 Å². The molecule has 0 radical (unpaired) electrons. The molecular weight excluding hydrogens is 304 g/mol. The fourth-order valence-corrected chi connectivity index (χ4v) is 2.75. The summed E-state index contributed by atoms with van der Waals surface area (Å²) in [6.45, 7) is 4.33. The van der Waals surface area contributed by atoms with Gasteiger partial charge in [0.2, 0.25) is 12.7 Å². The molecule has 126 valence electrons. The first-order valence-corrected chi connectivity index (χ1v) is 8.08. The summed E-state index contributed by atoms with van der Waals surface area (Å²) in [5, 5.41) is 0. The van der Waals surface area contributed by atoms with E-state index in [0.29, 0.717) is 12.2 Å². The Balaban J connectivity index is 1.61. The van der Waals surface area contributed by atoms with Gasteiger partial charge in [-0.25, -0.2) is 0 Å². The van der Waals surface area contributed by atoms with Gasteiger partial charge < -0.3 is 14.4 Å². The fourth-order valence-electron chi connectivity index (χ4n) is 2.75. The summed E-state index contributed by atoms with van der Waals surface area (Å²) >= 11 is 0. The molecule has 3 rings (SSSR count). The van der Waals surface area contributed by atoms with E-state index < -0.39 is 0 Å². The molecule has 0 spiro atoms. The van der Waals surface area contributed by atoms with Crippen molar-refractivity contribution in [3.8, 4) is 11.5 Å². The smallest absolute Gasteiger partial charge is 0.231 e. The summed E-state index contributed by atoms with van der Waals surface area (Å²) in [7, 11) is 1.84. The minimum atomic E-state index is 0.0778. The number of aromatic nitrogens is 1. The maximum atomic E-state index is 12.5. The van der Waals surface area contributed by atoms with Crippen molar-refractivity contribution in [2.24, 2.45) is 0 Å². The number of ether oxygens (including phenoxy) is 2. The lowest BCUT2D eigenvalue weighted by molar-refractivity contribution is -0.130. The van der Waals surface area contributed by atoms with Gasteiger partial charge in [-0.2, -0.15) is 0 Å². The molecule has 2 heterocycles. The molecule has 1 aromatic carbocycles. The third-order valence-corrected chi connectivity index (χ3v) is 4.32. The van der Waals surface area contributed by atoms with E-state index in [0.717, 1.165) is 23.4 Å². The summed E-state index contributed by atoms with van der Waals surface area (Å²) in [6.07, 6.45) is 2.90. The Bertz CT molecular complexity index is 745. The van der Waals surface area contributed by atoms with E-state index >= 15 is 0 Å². The highest BCUT2D eigenvalue weighted by atomic mass is 16.7. The Hall–Kier alpha value is -2.56. The van der Waals surface area contributed by atoms with Gasteiger partial charge in [-0.05, 0) is 49.2 Å². The van der Waals surface area contributed by atoms with Gasteiger partial charge in [0.05, 0.1) is 6.42 Å². The van der Waals surface area contributed by atoms with Gasteiger partial charge >= 0.3 is 0 Å². The van der Waals surface area contributed by atoms with Crippen molar-refractivity contribution < 1.29 is 14.3 Å². The highest BCUT2D eigenvalue weighted by molar-refractivity contribution is 5.79. The molecule has 2 aromatic rings. The molecule has 1 aliphatic heterocycles. The Morgan fingerprint density at radius 3 is 2.83 bits per heavy atom. The molecule has 1 aromatic heterocycles. The van der Waals surface area contributed by atoms with Gasteiger partial charge in [0.25, 0.3) is 0 Å². The monoisotopic (exact) mass is 326 g/mol. The van der Waals surface area contributed by atoms with Crippen molar-refractivity contribution in [2.75, 3.05) is 13.8 Å². The molecule has 5 heteroatoms. The minimum Gasteiger partial charge on any atom is -0.454 e. The number of carbonyl (C=O) groups excluding carboxylic acids is 1. The number of fused-ring (bicyclic) bond motifs is 1. The number of pyridine rings is 1. The van der Waals surface area contributed by atoms with E-state index in [1.54, 1.807) is 4.90 Å². The largest absolute Gasteiger partial charge is 0.454 e. The molecule has 5 nitrogen and oxygen atoms in total. The molecular formula is C19H22N2O3. The number of rotatable bonds is 5. The zero-order valence-electron chi connectivity index (χ0n) is 14.3. The topological polar surface area (TPSA) is 51.7 Å². The first kappa shape index (κ1) is 16.3. The highest BCUT2D eigenvalue weighted by Crippen LogP contribution is 2.32. The molecule has 1 atom stereocenters. The van der Waals surface area contributed by atoms with Crippen LogP contribution >= 0.6 is 0 Å². The SMILES string of the molecule is Cc1ccnc(CC(C)N(C)C(=O)Cc2ccc3c(c2)OCO3)c1. The van der Waals surface area contributed by atoms with Crippen LogP contribution in [0.4, 0.5) is 0 Å². The molecule has 0 N–H and O–H groups in total. The maximum Gasteiger partial charge on any atom is 0.231 e. The van der Waals surface area contributed by atoms with E-state index in [4.69, 9.17) is 9.47 Å². The zero-order valence-corrected chi connectivity index (χ0v) is 14.3. The second-order valence-corrected chi connectivity index (χ2v) is 6.25. The summed E-state index contributed by atoms with van der Waals surface area (Å²) < 4.78 is 10.7. The minimum absolute atomic E-state index is 0.0778. The third-order valence-electron chi connectivity index (χ3n) is 4.32. The number of hydrogen-bond donors (Lipinski definition) is 0. The molecule has 1 amide bonds. The van der Waals surface area contributed by atoms with Crippen LogP contribution in [0.15, 0.2) is 36.5 Å². The Kier molecular flexibility index (Phi) is 4.69. The lowest BCUT2D eigenvalue weighted by Crippen LogP contribution is -2.37. The zero-order chi connectivity index (χ0) is 17.1. The van der Waals surface area contributed by atoms with Crippen LogP contribution in [0.1, 0.15) is 23.7 Å². The normalized spacial score (nSPS) is 13.6. The standard InChI is InChI=1S/C19H22N2O3/c1-13-6-7-20-16(8-13)9-14(2)21(3)19(22)11-15-4-5-17-18(10-15)24-12-23-17/h4-8,10,14H,9,11-12H2,1-3H3. The number of amides is 1. The molecule has 1 aliphatic rings. The maximum absolute atomic E-state index is 12.5. The molecule has 24 heavy (non-hydrogen) atoms.